The molecule has 3 heteroatoms. The Morgan fingerprint density at radius 2 is 2.00 bits per heavy atom. The van der Waals surface area contributed by atoms with E-state index < -0.39 is 0 Å². The number of hydrogen-bond donors (Lipinski definition) is 1. The average Bonchev–Trinajstić information content (AvgIpc) is 2.77. The third-order valence-electron chi connectivity index (χ3n) is 3.10. The van der Waals surface area contributed by atoms with Crippen LogP contribution in [0.4, 0.5) is 0 Å². The van der Waals surface area contributed by atoms with Crippen molar-refractivity contribution >= 4 is 5.78 Å². The Hall–Kier alpha value is -2.03. The van der Waals surface area contributed by atoms with Crippen LogP contribution in [0.1, 0.15) is 40.1 Å². The number of rotatable bonds is 3. The van der Waals surface area contributed by atoms with E-state index >= 15 is 0 Å². The Kier molecular flexibility index (Phi) is 3.24. The molecule has 0 radical (unpaired) electrons. The van der Waals surface area contributed by atoms with Gasteiger partial charge in [-0.05, 0) is 42.7 Å². The SMILES string of the molecule is Cc1coc(C(=O)C(C)c2ccc(C)c(O)c2)c1. The molecule has 0 saturated carbocycles. The van der Waals surface area contributed by atoms with Gasteiger partial charge in [0.05, 0.1) is 6.26 Å². The monoisotopic (exact) mass is 244 g/mol. The standard InChI is InChI=1S/C15H16O3/c1-9-6-14(18-8-9)15(17)11(3)12-5-4-10(2)13(16)7-12/h4-8,11,16H,1-3H3. The Bertz CT molecular complexity index is 581. The van der Waals surface area contributed by atoms with E-state index in [2.05, 4.69) is 0 Å². The summed E-state index contributed by atoms with van der Waals surface area (Å²) in [5, 5.41) is 9.67. The van der Waals surface area contributed by atoms with E-state index in [4.69, 9.17) is 4.42 Å². The van der Waals surface area contributed by atoms with Gasteiger partial charge in [-0.3, -0.25) is 4.79 Å². The summed E-state index contributed by atoms with van der Waals surface area (Å²) < 4.78 is 5.21. The number of furan rings is 1. The highest BCUT2D eigenvalue weighted by atomic mass is 16.3. The number of Topliss-reactive ketones (excluding diaryl/α,β-unsaturated/α-hetero) is 1. The predicted octanol–water partition coefficient (Wildman–Crippen LogP) is 3.59. The number of carbonyl (C=O) groups is 1. The van der Waals surface area contributed by atoms with Crippen LogP contribution in [0.2, 0.25) is 0 Å². The van der Waals surface area contributed by atoms with Gasteiger partial charge in [0.1, 0.15) is 5.75 Å². The van der Waals surface area contributed by atoms with Gasteiger partial charge in [-0.25, -0.2) is 0 Å². The number of aryl methyl sites for hydroxylation is 2. The molecule has 1 atom stereocenters. The fraction of sp³-hybridized carbons (Fsp3) is 0.267. The molecule has 0 spiro atoms. The molecule has 2 rings (SSSR count). The van der Waals surface area contributed by atoms with Crippen LogP contribution >= 0.6 is 0 Å². The minimum absolute atomic E-state index is 0.0775. The van der Waals surface area contributed by atoms with Crippen molar-refractivity contribution in [2.24, 2.45) is 0 Å². The molecular formula is C15H16O3. The molecule has 0 amide bonds. The summed E-state index contributed by atoms with van der Waals surface area (Å²) in [5.74, 6) is 0.163. The summed E-state index contributed by atoms with van der Waals surface area (Å²) in [5.41, 5.74) is 2.52. The van der Waals surface area contributed by atoms with Crippen molar-refractivity contribution < 1.29 is 14.3 Å². The van der Waals surface area contributed by atoms with Crippen molar-refractivity contribution in [3.8, 4) is 5.75 Å². The van der Waals surface area contributed by atoms with Gasteiger partial charge in [0.25, 0.3) is 0 Å². The molecule has 0 aliphatic heterocycles. The van der Waals surface area contributed by atoms with E-state index in [0.29, 0.717) is 5.76 Å². The molecule has 0 aliphatic rings. The van der Waals surface area contributed by atoms with Crippen molar-refractivity contribution in [1.82, 2.24) is 0 Å². The maximum absolute atomic E-state index is 12.2. The van der Waals surface area contributed by atoms with Crippen molar-refractivity contribution in [2.45, 2.75) is 26.7 Å². The van der Waals surface area contributed by atoms with Gasteiger partial charge in [0.15, 0.2) is 5.76 Å². The van der Waals surface area contributed by atoms with Gasteiger partial charge in [-0.1, -0.05) is 19.1 Å². The Morgan fingerprint density at radius 3 is 2.56 bits per heavy atom. The molecule has 1 unspecified atom stereocenters. The second-order valence-corrected chi connectivity index (χ2v) is 4.62. The Morgan fingerprint density at radius 1 is 1.28 bits per heavy atom. The first-order chi connectivity index (χ1) is 8.49. The number of hydrogen-bond acceptors (Lipinski definition) is 3. The molecule has 2 aromatic rings. The molecule has 18 heavy (non-hydrogen) atoms. The smallest absolute Gasteiger partial charge is 0.205 e. The van der Waals surface area contributed by atoms with Crippen molar-refractivity contribution in [3.63, 3.8) is 0 Å². The lowest BCUT2D eigenvalue weighted by molar-refractivity contribution is 0.0939. The van der Waals surface area contributed by atoms with E-state index in [9.17, 15) is 9.90 Å². The third kappa shape index (κ3) is 2.30. The number of phenols is 1. The first kappa shape index (κ1) is 12.4. The molecule has 1 heterocycles. The first-order valence-corrected chi connectivity index (χ1v) is 5.88. The lowest BCUT2D eigenvalue weighted by atomic mass is 9.94. The first-order valence-electron chi connectivity index (χ1n) is 5.88. The molecule has 0 bridgehead atoms. The van der Waals surface area contributed by atoms with Crippen LogP contribution in [0.3, 0.4) is 0 Å². The second kappa shape index (κ2) is 4.69. The van der Waals surface area contributed by atoms with Gasteiger partial charge in [0.2, 0.25) is 5.78 Å². The fourth-order valence-corrected chi connectivity index (χ4v) is 1.82. The van der Waals surface area contributed by atoms with Crippen LogP contribution < -0.4 is 0 Å². The molecule has 94 valence electrons. The van der Waals surface area contributed by atoms with E-state index in [0.717, 1.165) is 16.7 Å². The highest BCUT2D eigenvalue weighted by molar-refractivity contribution is 5.98. The molecule has 0 fully saturated rings. The van der Waals surface area contributed by atoms with Gasteiger partial charge >= 0.3 is 0 Å². The maximum Gasteiger partial charge on any atom is 0.205 e. The van der Waals surface area contributed by atoms with Gasteiger partial charge < -0.3 is 9.52 Å². The molecule has 3 nitrogen and oxygen atoms in total. The highest BCUT2D eigenvalue weighted by Gasteiger charge is 2.20. The van der Waals surface area contributed by atoms with Crippen LogP contribution in [-0.4, -0.2) is 10.9 Å². The van der Waals surface area contributed by atoms with Crippen molar-refractivity contribution in [3.05, 3.63) is 53.0 Å². The van der Waals surface area contributed by atoms with Crippen LogP contribution in [0.15, 0.2) is 34.9 Å². The number of benzene rings is 1. The van der Waals surface area contributed by atoms with Crippen LogP contribution in [0.5, 0.6) is 5.75 Å². The van der Waals surface area contributed by atoms with Crippen LogP contribution in [-0.2, 0) is 0 Å². The molecule has 0 aliphatic carbocycles. The maximum atomic E-state index is 12.2. The summed E-state index contributed by atoms with van der Waals surface area (Å²) in [6.07, 6.45) is 1.56. The summed E-state index contributed by atoms with van der Waals surface area (Å²) in [6, 6.07) is 7.02. The highest BCUT2D eigenvalue weighted by Crippen LogP contribution is 2.26. The zero-order chi connectivity index (χ0) is 13.3. The number of phenolic OH excluding ortho intramolecular Hbond substituents is 1. The minimum atomic E-state index is -0.331. The molecule has 1 aromatic carbocycles. The normalized spacial score (nSPS) is 12.4. The van der Waals surface area contributed by atoms with Gasteiger partial charge in [0, 0.05) is 5.92 Å². The Balaban J connectivity index is 2.28. The average molecular weight is 244 g/mol. The van der Waals surface area contributed by atoms with E-state index in [1.54, 1.807) is 18.4 Å². The zero-order valence-corrected chi connectivity index (χ0v) is 10.7. The summed E-state index contributed by atoms with van der Waals surface area (Å²) >= 11 is 0. The van der Waals surface area contributed by atoms with Crippen molar-refractivity contribution in [1.29, 1.82) is 0 Å². The molecule has 1 aromatic heterocycles. The third-order valence-corrected chi connectivity index (χ3v) is 3.10. The summed E-state index contributed by atoms with van der Waals surface area (Å²) in [7, 11) is 0. The Labute approximate surface area is 106 Å². The number of aromatic hydroxyl groups is 1. The number of ketones is 1. The number of carbonyl (C=O) groups excluding carboxylic acids is 1. The van der Waals surface area contributed by atoms with Crippen molar-refractivity contribution in [2.75, 3.05) is 0 Å². The largest absolute Gasteiger partial charge is 0.508 e. The molecular weight excluding hydrogens is 228 g/mol. The minimum Gasteiger partial charge on any atom is -0.508 e. The quantitative estimate of drug-likeness (QED) is 0.839. The lowest BCUT2D eigenvalue weighted by Gasteiger charge is -2.10. The van der Waals surface area contributed by atoms with Gasteiger partial charge in [-0.15, -0.1) is 0 Å². The summed E-state index contributed by atoms with van der Waals surface area (Å²) in [4.78, 5) is 12.2. The molecule has 0 saturated heterocycles. The summed E-state index contributed by atoms with van der Waals surface area (Å²) in [6.45, 7) is 5.51. The van der Waals surface area contributed by atoms with Crippen LogP contribution in [0.25, 0.3) is 0 Å². The zero-order valence-electron chi connectivity index (χ0n) is 10.7. The van der Waals surface area contributed by atoms with E-state index in [1.165, 1.54) is 0 Å². The lowest BCUT2D eigenvalue weighted by Crippen LogP contribution is -2.08. The fourth-order valence-electron chi connectivity index (χ4n) is 1.82. The molecule has 1 N–H and O–H groups in total. The topological polar surface area (TPSA) is 50.4 Å². The second-order valence-electron chi connectivity index (χ2n) is 4.62. The van der Waals surface area contributed by atoms with E-state index in [-0.39, 0.29) is 17.5 Å². The predicted molar refractivity (Wildman–Crippen MR) is 69.0 cm³/mol. The van der Waals surface area contributed by atoms with Crippen LogP contribution in [0, 0.1) is 13.8 Å². The van der Waals surface area contributed by atoms with E-state index in [1.807, 2.05) is 32.9 Å². The van der Waals surface area contributed by atoms with Gasteiger partial charge in [-0.2, -0.15) is 0 Å².